The topological polar surface area (TPSA) is 23.6 Å². The molecule has 154 valence electrons. The molecular weight excluding hydrogens is 396 g/mol. The van der Waals surface area contributed by atoms with Gasteiger partial charge in [-0.2, -0.15) is 11.8 Å². The normalized spacial score (nSPS) is 21.5. The van der Waals surface area contributed by atoms with E-state index in [0.29, 0.717) is 5.92 Å². The highest BCUT2D eigenvalue weighted by molar-refractivity contribution is 8.00. The Morgan fingerprint density at radius 1 is 1.00 bits per heavy atom. The molecule has 4 heterocycles. The van der Waals surface area contributed by atoms with Gasteiger partial charge in [0, 0.05) is 35.5 Å². The second kappa shape index (κ2) is 8.44. The van der Waals surface area contributed by atoms with E-state index in [-0.39, 0.29) is 5.91 Å². The summed E-state index contributed by atoms with van der Waals surface area (Å²) in [6.45, 7) is 6.41. The Kier molecular flexibility index (Phi) is 5.72. The van der Waals surface area contributed by atoms with E-state index in [1.54, 1.807) is 11.3 Å². The Balaban J connectivity index is 1.26. The average Bonchev–Trinajstić information content (AvgIpc) is 3.37. The van der Waals surface area contributed by atoms with Crippen molar-refractivity contribution < 1.29 is 4.79 Å². The molecular formula is C24H30N2OS2. The molecule has 1 aromatic heterocycles. The van der Waals surface area contributed by atoms with Gasteiger partial charge < -0.3 is 4.90 Å². The van der Waals surface area contributed by atoms with Gasteiger partial charge in [-0.25, -0.2) is 0 Å². The van der Waals surface area contributed by atoms with Crippen LogP contribution in [0, 0.1) is 6.92 Å². The van der Waals surface area contributed by atoms with Crippen LogP contribution in [-0.4, -0.2) is 59.4 Å². The molecule has 0 atom stereocenters. The molecule has 1 aromatic carbocycles. The lowest BCUT2D eigenvalue weighted by Gasteiger charge is -2.41. The SMILES string of the molecule is Cc1cc(-c2ccc(C3CCN(C4CSC4)CC3)cc2)sc1C(=O)N1CCCC1. The number of nitrogens with zero attached hydrogens (tertiary/aromatic N) is 2. The van der Waals surface area contributed by atoms with Crippen LogP contribution in [0.15, 0.2) is 30.3 Å². The van der Waals surface area contributed by atoms with Crippen molar-refractivity contribution in [2.24, 2.45) is 0 Å². The molecule has 0 saturated carbocycles. The van der Waals surface area contributed by atoms with Crippen molar-refractivity contribution >= 4 is 29.0 Å². The average molecular weight is 427 g/mol. The molecule has 0 unspecified atom stereocenters. The first kappa shape index (κ1) is 19.7. The third kappa shape index (κ3) is 4.01. The molecule has 5 rings (SSSR count). The lowest BCUT2D eigenvalue weighted by Crippen LogP contribution is -2.47. The van der Waals surface area contributed by atoms with Crippen LogP contribution in [0.25, 0.3) is 10.4 Å². The van der Waals surface area contributed by atoms with E-state index < -0.39 is 0 Å². The minimum Gasteiger partial charge on any atom is -0.338 e. The maximum Gasteiger partial charge on any atom is 0.264 e. The second-order valence-corrected chi connectivity index (χ2v) is 10.9. The molecule has 2 aromatic rings. The van der Waals surface area contributed by atoms with Crippen LogP contribution in [0.3, 0.4) is 0 Å². The number of rotatable bonds is 4. The minimum absolute atomic E-state index is 0.226. The van der Waals surface area contributed by atoms with E-state index >= 15 is 0 Å². The van der Waals surface area contributed by atoms with E-state index in [1.807, 2.05) is 4.90 Å². The van der Waals surface area contributed by atoms with E-state index in [2.05, 4.69) is 53.9 Å². The zero-order valence-corrected chi connectivity index (χ0v) is 18.9. The van der Waals surface area contributed by atoms with Crippen LogP contribution in [0.1, 0.15) is 52.4 Å². The maximum atomic E-state index is 12.8. The Hall–Kier alpha value is -1.30. The van der Waals surface area contributed by atoms with Crippen LogP contribution in [0.2, 0.25) is 0 Å². The Morgan fingerprint density at radius 3 is 2.31 bits per heavy atom. The van der Waals surface area contributed by atoms with Crippen LogP contribution < -0.4 is 0 Å². The summed E-state index contributed by atoms with van der Waals surface area (Å²) in [7, 11) is 0. The minimum atomic E-state index is 0.226. The van der Waals surface area contributed by atoms with Crippen molar-refractivity contribution in [2.75, 3.05) is 37.7 Å². The number of carbonyl (C=O) groups excluding carboxylic acids is 1. The zero-order chi connectivity index (χ0) is 19.8. The number of piperidine rings is 1. The maximum absolute atomic E-state index is 12.8. The van der Waals surface area contributed by atoms with Gasteiger partial charge in [0.2, 0.25) is 0 Å². The van der Waals surface area contributed by atoms with E-state index in [0.717, 1.165) is 42.4 Å². The molecule has 3 nitrogen and oxygen atoms in total. The number of thiophene rings is 1. The predicted molar refractivity (Wildman–Crippen MR) is 124 cm³/mol. The molecule has 1 amide bonds. The first-order valence-corrected chi connectivity index (χ1v) is 13.0. The van der Waals surface area contributed by atoms with Crippen molar-refractivity contribution in [3.63, 3.8) is 0 Å². The number of aryl methyl sites for hydroxylation is 1. The summed E-state index contributed by atoms with van der Waals surface area (Å²) in [4.78, 5) is 19.7. The van der Waals surface area contributed by atoms with Crippen molar-refractivity contribution in [3.05, 3.63) is 46.3 Å². The molecule has 3 aliphatic heterocycles. The Morgan fingerprint density at radius 2 is 1.69 bits per heavy atom. The predicted octanol–water partition coefficient (Wildman–Crippen LogP) is 5.25. The van der Waals surface area contributed by atoms with Crippen LogP contribution in [0.5, 0.6) is 0 Å². The van der Waals surface area contributed by atoms with Gasteiger partial charge in [-0.05, 0) is 74.4 Å². The number of likely N-dealkylation sites (tertiary alicyclic amines) is 2. The standard InChI is InChI=1S/C24H30N2OS2/c1-17-14-22(29-23(17)24(27)26-10-2-3-11-26)20-6-4-18(5-7-20)19-8-12-25(13-9-19)21-15-28-16-21/h4-7,14,19,21H,2-3,8-13,15-16H2,1H3. The van der Waals surface area contributed by atoms with Crippen molar-refractivity contribution in [3.8, 4) is 10.4 Å². The summed E-state index contributed by atoms with van der Waals surface area (Å²) in [6, 6.07) is 12.2. The molecule has 3 saturated heterocycles. The van der Waals surface area contributed by atoms with Gasteiger partial charge in [0.25, 0.3) is 5.91 Å². The highest BCUT2D eigenvalue weighted by Gasteiger charge is 2.29. The quantitative estimate of drug-likeness (QED) is 0.667. The van der Waals surface area contributed by atoms with Crippen molar-refractivity contribution in [1.29, 1.82) is 0 Å². The van der Waals surface area contributed by atoms with Crippen LogP contribution >= 0.6 is 23.1 Å². The lowest BCUT2D eigenvalue weighted by molar-refractivity contribution is 0.0797. The molecule has 0 bridgehead atoms. The molecule has 29 heavy (non-hydrogen) atoms. The zero-order valence-electron chi connectivity index (χ0n) is 17.2. The molecule has 0 spiro atoms. The highest BCUT2D eigenvalue weighted by atomic mass is 32.2. The molecule has 3 aliphatic rings. The summed E-state index contributed by atoms with van der Waals surface area (Å²) in [5.41, 5.74) is 3.84. The van der Waals surface area contributed by atoms with Gasteiger partial charge in [-0.15, -0.1) is 11.3 Å². The third-order valence-corrected chi connectivity index (χ3v) is 9.35. The van der Waals surface area contributed by atoms with Crippen molar-refractivity contribution in [2.45, 2.75) is 44.6 Å². The van der Waals surface area contributed by atoms with Gasteiger partial charge in [0.05, 0.1) is 4.88 Å². The van der Waals surface area contributed by atoms with Gasteiger partial charge in [-0.3, -0.25) is 9.69 Å². The number of hydrogen-bond acceptors (Lipinski definition) is 4. The Labute approximate surface area is 182 Å². The molecule has 0 aliphatic carbocycles. The molecule has 3 fully saturated rings. The highest BCUT2D eigenvalue weighted by Crippen LogP contribution is 2.36. The number of hydrogen-bond donors (Lipinski definition) is 0. The summed E-state index contributed by atoms with van der Waals surface area (Å²) in [5, 5.41) is 0. The first-order valence-electron chi connectivity index (χ1n) is 11.0. The summed E-state index contributed by atoms with van der Waals surface area (Å²) >= 11 is 3.74. The van der Waals surface area contributed by atoms with E-state index in [1.165, 1.54) is 53.4 Å². The molecule has 0 radical (unpaired) electrons. The summed E-state index contributed by atoms with van der Waals surface area (Å²) < 4.78 is 0. The largest absolute Gasteiger partial charge is 0.338 e. The van der Waals surface area contributed by atoms with Gasteiger partial charge in [-0.1, -0.05) is 24.3 Å². The number of amides is 1. The van der Waals surface area contributed by atoms with E-state index in [4.69, 9.17) is 0 Å². The van der Waals surface area contributed by atoms with Gasteiger partial charge in [0.1, 0.15) is 0 Å². The molecule has 0 N–H and O–H groups in total. The van der Waals surface area contributed by atoms with E-state index in [9.17, 15) is 4.79 Å². The summed E-state index contributed by atoms with van der Waals surface area (Å²) in [5.74, 6) is 3.60. The van der Waals surface area contributed by atoms with Gasteiger partial charge in [0.15, 0.2) is 0 Å². The third-order valence-electron chi connectivity index (χ3n) is 6.84. The fourth-order valence-corrected chi connectivity index (χ4v) is 6.87. The summed E-state index contributed by atoms with van der Waals surface area (Å²) in [6.07, 6.45) is 4.85. The first-order chi connectivity index (χ1) is 14.2. The smallest absolute Gasteiger partial charge is 0.264 e. The second-order valence-electron chi connectivity index (χ2n) is 8.75. The van der Waals surface area contributed by atoms with Crippen LogP contribution in [-0.2, 0) is 0 Å². The van der Waals surface area contributed by atoms with Crippen LogP contribution in [0.4, 0.5) is 0 Å². The number of benzene rings is 1. The fraction of sp³-hybridized carbons (Fsp3) is 0.542. The fourth-order valence-electron chi connectivity index (χ4n) is 4.85. The number of thioether (sulfide) groups is 1. The monoisotopic (exact) mass is 426 g/mol. The van der Waals surface area contributed by atoms with Crippen molar-refractivity contribution in [1.82, 2.24) is 9.80 Å². The molecule has 5 heteroatoms. The number of carbonyl (C=O) groups is 1. The van der Waals surface area contributed by atoms with Gasteiger partial charge >= 0.3 is 0 Å². The Bertz CT molecular complexity index is 858. The lowest BCUT2D eigenvalue weighted by atomic mass is 9.88.